The first-order chi connectivity index (χ1) is 9.08. The number of aliphatic hydroxyl groups excluding tert-OH is 1. The molecule has 0 bridgehead atoms. The molecule has 0 spiro atoms. The van der Waals surface area contributed by atoms with Crippen molar-refractivity contribution in [1.82, 2.24) is 0 Å². The number of nitrogens with one attached hydrogen (secondary N) is 1. The van der Waals surface area contributed by atoms with Gasteiger partial charge in [0.2, 0.25) is 0 Å². The van der Waals surface area contributed by atoms with Crippen LogP contribution in [0.4, 0.5) is 10.1 Å². The average Bonchev–Trinajstić information content (AvgIpc) is 2.34. The van der Waals surface area contributed by atoms with Crippen molar-refractivity contribution in [1.29, 1.82) is 0 Å². The van der Waals surface area contributed by atoms with Gasteiger partial charge in [-0.25, -0.2) is 4.39 Å². The fraction of sp³-hybridized carbons (Fsp3) is 0.200. The highest BCUT2D eigenvalue weighted by Gasteiger charge is 2.11. The highest BCUT2D eigenvalue weighted by Crippen LogP contribution is 2.23. The van der Waals surface area contributed by atoms with E-state index in [9.17, 15) is 9.50 Å². The van der Waals surface area contributed by atoms with Gasteiger partial charge in [-0.1, -0.05) is 23.7 Å². The Bertz CT molecular complexity index is 554. The molecule has 2 aromatic rings. The first-order valence-electron chi connectivity index (χ1n) is 5.98. The lowest BCUT2D eigenvalue weighted by atomic mass is 10.1. The minimum Gasteiger partial charge on any atom is -0.394 e. The van der Waals surface area contributed by atoms with Crippen LogP contribution in [0.2, 0.25) is 5.02 Å². The molecule has 0 radical (unpaired) electrons. The minimum atomic E-state index is -0.320. The summed E-state index contributed by atoms with van der Waals surface area (Å²) in [7, 11) is 0. The fourth-order valence-electron chi connectivity index (χ4n) is 1.98. The lowest BCUT2D eigenvalue weighted by Crippen LogP contribution is -2.15. The van der Waals surface area contributed by atoms with Gasteiger partial charge in [0.05, 0.1) is 12.6 Å². The lowest BCUT2D eigenvalue weighted by Gasteiger charge is -2.18. The molecule has 0 amide bonds. The Morgan fingerprint density at radius 3 is 2.68 bits per heavy atom. The maximum Gasteiger partial charge on any atom is 0.125 e. The molecule has 0 heterocycles. The standard InChI is InChI=1S/C15H15ClFNO/c1-10-5-13(17)8-14(6-10)18-15(9-19)11-3-2-4-12(16)7-11/h2-8,15,18-19H,9H2,1H3. The largest absolute Gasteiger partial charge is 0.394 e. The average molecular weight is 280 g/mol. The van der Waals surface area contributed by atoms with Gasteiger partial charge >= 0.3 is 0 Å². The van der Waals surface area contributed by atoms with Crippen LogP contribution in [0.3, 0.4) is 0 Å². The van der Waals surface area contributed by atoms with Crippen LogP contribution in [0.25, 0.3) is 0 Å². The second kappa shape index (κ2) is 6.04. The number of hydrogen-bond acceptors (Lipinski definition) is 2. The highest BCUT2D eigenvalue weighted by molar-refractivity contribution is 6.30. The second-order valence-electron chi connectivity index (χ2n) is 4.45. The molecular weight excluding hydrogens is 265 g/mol. The van der Waals surface area contributed by atoms with Gasteiger partial charge < -0.3 is 10.4 Å². The Morgan fingerprint density at radius 1 is 1.26 bits per heavy atom. The molecule has 2 N–H and O–H groups in total. The van der Waals surface area contributed by atoms with E-state index in [2.05, 4.69) is 5.32 Å². The first kappa shape index (κ1) is 13.8. The van der Waals surface area contributed by atoms with Crippen LogP contribution in [-0.4, -0.2) is 11.7 Å². The molecule has 2 nitrogen and oxygen atoms in total. The Morgan fingerprint density at radius 2 is 2.05 bits per heavy atom. The Hall–Kier alpha value is -1.58. The SMILES string of the molecule is Cc1cc(F)cc(NC(CO)c2cccc(Cl)c2)c1. The number of anilines is 1. The summed E-state index contributed by atoms with van der Waals surface area (Å²) in [6.07, 6.45) is 0. The predicted octanol–water partition coefficient (Wildman–Crippen LogP) is 3.93. The highest BCUT2D eigenvalue weighted by atomic mass is 35.5. The quantitative estimate of drug-likeness (QED) is 0.889. The maximum atomic E-state index is 13.3. The van der Waals surface area contributed by atoms with Gasteiger partial charge in [-0.2, -0.15) is 0 Å². The van der Waals surface area contributed by atoms with E-state index in [0.717, 1.165) is 11.1 Å². The van der Waals surface area contributed by atoms with E-state index >= 15 is 0 Å². The molecule has 19 heavy (non-hydrogen) atoms. The number of benzene rings is 2. The van der Waals surface area contributed by atoms with Crippen molar-refractivity contribution in [2.45, 2.75) is 13.0 Å². The Kier molecular flexibility index (Phi) is 4.40. The van der Waals surface area contributed by atoms with Crippen LogP contribution < -0.4 is 5.32 Å². The van der Waals surface area contributed by atoms with Gasteiger partial charge in [0.15, 0.2) is 0 Å². The second-order valence-corrected chi connectivity index (χ2v) is 4.89. The molecule has 1 unspecified atom stereocenters. The molecule has 0 fully saturated rings. The van der Waals surface area contributed by atoms with Crippen molar-refractivity contribution in [3.05, 3.63) is 64.4 Å². The summed E-state index contributed by atoms with van der Waals surface area (Å²) in [5.74, 6) is -0.301. The van der Waals surface area contributed by atoms with Crippen LogP contribution in [0, 0.1) is 12.7 Å². The van der Waals surface area contributed by atoms with Gasteiger partial charge in [-0.15, -0.1) is 0 Å². The van der Waals surface area contributed by atoms with Gasteiger partial charge in [0.25, 0.3) is 0 Å². The fourth-order valence-corrected chi connectivity index (χ4v) is 2.18. The van der Waals surface area contributed by atoms with Crippen LogP contribution in [-0.2, 0) is 0 Å². The van der Waals surface area contributed by atoms with Crippen molar-refractivity contribution in [2.75, 3.05) is 11.9 Å². The zero-order valence-corrected chi connectivity index (χ0v) is 11.3. The summed E-state index contributed by atoms with van der Waals surface area (Å²) in [4.78, 5) is 0. The summed E-state index contributed by atoms with van der Waals surface area (Å²) < 4.78 is 13.3. The summed E-state index contributed by atoms with van der Waals surface area (Å²) in [6.45, 7) is 1.72. The summed E-state index contributed by atoms with van der Waals surface area (Å²) in [5.41, 5.74) is 2.32. The van der Waals surface area contributed by atoms with Crippen molar-refractivity contribution < 1.29 is 9.50 Å². The van der Waals surface area contributed by atoms with E-state index in [4.69, 9.17) is 11.6 Å². The molecule has 0 aromatic heterocycles. The van der Waals surface area contributed by atoms with Crippen molar-refractivity contribution in [2.24, 2.45) is 0 Å². The molecule has 2 aromatic carbocycles. The van der Waals surface area contributed by atoms with E-state index in [1.165, 1.54) is 12.1 Å². The molecule has 100 valence electrons. The number of aryl methyl sites for hydroxylation is 1. The van der Waals surface area contributed by atoms with E-state index in [-0.39, 0.29) is 18.5 Å². The zero-order valence-electron chi connectivity index (χ0n) is 10.5. The monoisotopic (exact) mass is 279 g/mol. The number of rotatable bonds is 4. The van der Waals surface area contributed by atoms with E-state index in [0.29, 0.717) is 10.7 Å². The van der Waals surface area contributed by atoms with Gasteiger partial charge in [0, 0.05) is 10.7 Å². The molecule has 0 aliphatic heterocycles. The van der Waals surface area contributed by atoms with Gasteiger partial charge in [0.1, 0.15) is 5.82 Å². The van der Waals surface area contributed by atoms with Crippen molar-refractivity contribution in [3.63, 3.8) is 0 Å². The molecule has 0 aliphatic carbocycles. The van der Waals surface area contributed by atoms with Crippen LogP contribution in [0.1, 0.15) is 17.2 Å². The van der Waals surface area contributed by atoms with E-state index in [1.54, 1.807) is 12.1 Å². The Balaban J connectivity index is 2.23. The Labute approximate surface area is 116 Å². The number of hydrogen-bond donors (Lipinski definition) is 2. The molecule has 4 heteroatoms. The van der Waals surface area contributed by atoms with Gasteiger partial charge in [-0.3, -0.25) is 0 Å². The topological polar surface area (TPSA) is 32.3 Å². The van der Waals surface area contributed by atoms with Crippen LogP contribution in [0.15, 0.2) is 42.5 Å². The van der Waals surface area contributed by atoms with Crippen molar-refractivity contribution in [3.8, 4) is 0 Å². The predicted molar refractivity (Wildman–Crippen MR) is 76.0 cm³/mol. The van der Waals surface area contributed by atoms with Gasteiger partial charge in [-0.05, 0) is 48.4 Å². The number of halogens is 2. The third-order valence-electron chi connectivity index (χ3n) is 2.82. The zero-order chi connectivity index (χ0) is 13.8. The van der Waals surface area contributed by atoms with Crippen molar-refractivity contribution >= 4 is 17.3 Å². The molecule has 0 aliphatic rings. The first-order valence-corrected chi connectivity index (χ1v) is 6.36. The maximum absolute atomic E-state index is 13.3. The third-order valence-corrected chi connectivity index (χ3v) is 3.05. The number of aliphatic hydroxyl groups is 1. The smallest absolute Gasteiger partial charge is 0.125 e. The molecule has 0 saturated carbocycles. The third kappa shape index (κ3) is 3.69. The molecular formula is C15H15ClFNO. The summed E-state index contributed by atoms with van der Waals surface area (Å²) in [6, 6.07) is 11.6. The molecule has 1 atom stereocenters. The van der Waals surface area contributed by atoms with Crippen LogP contribution >= 0.6 is 11.6 Å². The van der Waals surface area contributed by atoms with E-state index < -0.39 is 0 Å². The lowest BCUT2D eigenvalue weighted by molar-refractivity contribution is 0.276. The van der Waals surface area contributed by atoms with E-state index in [1.807, 2.05) is 25.1 Å². The summed E-state index contributed by atoms with van der Waals surface area (Å²) >= 11 is 5.93. The summed E-state index contributed by atoms with van der Waals surface area (Å²) in [5, 5.41) is 13.2. The molecule has 2 rings (SSSR count). The molecule has 0 saturated heterocycles. The minimum absolute atomic E-state index is 0.101. The van der Waals surface area contributed by atoms with Crippen LogP contribution in [0.5, 0.6) is 0 Å². The normalized spacial score (nSPS) is 12.2.